The largest absolute Gasteiger partial charge is 0.346 e. The first kappa shape index (κ1) is 5.22. The van der Waals surface area contributed by atoms with Gasteiger partial charge in [-0.3, -0.25) is 0 Å². The summed E-state index contributed by atoms with van der Waals surface area (Å²) >= 11 is 4.36. The van der Waals surface area contributed by atoms with Gasteiger partial charge in [-0.05, 0) is 24.4 Å². The minimum absolute atomic E-state index is 0.750. The van der Waals surface area contributed by atoms with Gasteiger partial charge in [0.1, 0.15) is 5.82 Å². The maximum absolute atomic E-state index is 4.36. The lowest BCUT2D eigenvalue weighted by Gasteiger charge is -1.73. The average Bonchev–Trinajstić information content (AvgIpc) is 2.19. The van der Waals surface area contributed by atoms with Gasteiger partial charge in [0.25, 0.3) is 0 Å². The second kappa shape index (κ2) is 2.40. The molecule has 0 unspecified atom stereocenters. The number of aliphatic imine (C=N–C) groups is 1. The summed E-state index contributed by atoms with van der Waals surface area (Å²) in [7, 11) is 0. The van der Waals surface area contributed by atoms with E-state index in [9.17, 15) is 0 Å². The van der Waals surface area contributed by atoms with Gasteiger partial charge in [0.15, 0.2) is 0 Å². The van der Waals surface area contributed by atoms with Gasteiger partial charge in [0, 0.05) is 6.20 Å². The second-order valence-electron chi connectivity index (χ2n) is 1.26. The van der Waals surface area contributed by atoms with Crippen molar-refractivity contribution in [3.8, 4) is 0 Å². The van der Waals surface area contributed by atoms with E-state index in [2.05, 4.69) is 27.4 Å². The molecule has 0 bridgehead atoms. The van der Waals surface area contributed by atoms with Crippen LogP contribution in [0.4, 0.5) is 5.82 Å². The van der Waals surface area contributed by atoms with Gasteiger partial charge in [-0.25, -0.2) is 0 Å². The third kappa shape index (κ3) is 1.03. The highest BCUT2D eigenvalue weighted by molar-refractivity contribution is 7.78. The van der Waals surface area contributed by atoms with Crippen LogP contribution >= 0.6 is 12.2 Å². The molecule has 0 aliphatic heterocycles. The molecule has 0 aromatic carbocycles. The first-order valence-electron chi connectivity index (χ1n) is 2.15. The number of thiocarbonyl (C=S) groups is 1. The number of hydrogen-bond acceptors (Lipinski definition) is 2. The molecule has 1 aromatic heterocycles. The fourth-order valence-electron chi connectivity index (χ4n) is 0.440. The molecule has 1 heterocycles. The topological polar surface area (TPSA) is 28.1 Å². The van der Waals surface area contributed by atoms with Crippen molar-refractivity contribution in [3.05, 3.63) is 18.3 Å². The van der Waals surface area contributed by atoms with Crippen molar-refractivity contribution >= 4 is 23.2 Å². The molecule has 1 rings (SSSR count). The van der Waals surface area contributed by atoms with E-state index in [4.69, 9.17) is 0 Å². The van der Waals surface area contributed by atoms with Crippen LogP contribution in [0.25, 0.3) is 0 Å². The maximum atomic E-state index is 4.36. The van der Waals surface area contributed by atoms with Gasteiger partial charge >= 0.3 is 0 Å². The van der Waals surface area contributed by atoms with E-state index in [1.165, 1.54) is 0 Å². The molecule has 0 spiro atoms. The zero-order valence-corrected chi connectivity index (χ0v) is 4.90. The first-order chi connectivity index (χ1) is 3.93. The molecule has 1 N–H and O–H groups in total. The van der Waals surface area contributed by atoms with Crippen molar-refractivity contribution in [1.29, 1.82) is 0 Å². The number of nitrogens with zero attached hydrogens (tertiary/aromatic N) is 1. The number of rotatable bonds is 1. The first-order valence-corrected chi connectivity index (χ1v) is 2.55. The molecule has 0 aliphatic carbocycles. The predicted molar refractivity (Wildman–Crippen MR) is 35.5 cm³/mol. The summed E-state index contributed by atoms with van der Waals surface area (Å²) in [4.78, 5) is 6.52. The van der Waals surface area contributed by atoms with Crippen LogP contribution in [-0.4, -0.2) is 10.1 Å². The van der Waals surface area contributed by atoms with Gasteiger partial charge in [0.05, 0.1) is 5.16 Å². The molecule has 0 amide bonds. The smallest absolute Gasteiger partial charge is 0.140 e. The summed E-state index contributed by atoms with van der Waals surface area (Å²) in [6.07, 6.45) is 1.78. The summed E-state index contributed by atoms with van der Waals surface area (Å²) < 4.78 is 0. The highest BCUT2D eigenvalue weighted by Gasteiger charge is 1.80. The molecule has 0 radical (unpaired) electrons. The molecule has 0 atom stereocenters. The molecule has 40 valence electrons. The van der Waals surface area contributed by atoms with Crippen molar-refractivity contribution in [3.63, 3.8) is 0 Å². The van der Waals surface area contributed by atoms with Crippen molar-refractivity contribution < 1.29 is 0 Å². The number of aromatic nitrogens is 1. The Morgan fingerprint density at radius 2 is 2.62 bits per heavy atom. The average molecular weight is 124 g/mol. The lowest BCUT2D eigenvalue weighted by Crippen LogP contribution is -1.54. The van der Waals surface area contributed by atoms with Crippen LogP contribution in [0.15, 0.2) is 23.3 Å². The molecule has 0 fully saturated rings. The number of nitrogens with one attached hydrogen (secondary N) is 1. The molecule has 1 aromatic rings. The van der Waals surface area contributed by atoms with E-state index >= 15 is 0 Å². The van der Waals surface area contributed by atoms with Crippen LogP contribution in [0, 0.1) is 0 Å². The van der Waals surface area contributed by atoms with Crippen LogP contribution < -0.4 is 0 Å². The lowest BCUT2D eigenvalue weighted by atomic mass is 10.6. The van der Waals surface area contributed by atoms with Crippen molar-refractivity contribution in [1.82, 2.24) is 4.98 Å². The number of hydrogen-bond donors (Lipinski definition) is 1. The van der Waals surface area contributed by atoms with Crippen molar-refractivity contribution in [2.24, 2.45) is 4.99 Å². The Labute approximate surface area is 52.3 Å². The van der Waals surface area contributed by atoms with Gasteiger partial charge < -0.3 is 4.98 Å². The Balaban J connectivity index is 2.93. The van der Waals surface area contributed by atoms with Crippen LogP contribution in [-0.2, 0) is 0 Å². The third-order valence-electron chi connectivity index (χ3n) is 0.748. The third-order valence-corrected chi connectivity index (χ3v) is 0.839. The fraction of sp³-hybridized carbons (Fsp3) is 0. The van der Waals surface area contributed by atoms with Crippen LogP contribution in [0.3, 0.4) is 0 Å². The summed E-state index contributed by atoms with van der Waals surface area (Å²) in [5, 5.41) is 2.25. The Hall–Kier alpha value is -0.920. The van der Waals surface area contributed by atoms with Crippen LogP contribution in [0.5, 0.6) is 0 Å². The van der Waals surface area contributed by atoms with Crippen LogP contribution in [0.2, 0.25) is 0 Å². The number of aromatic amines is 1. The molecule has 8 heavy (non-hydrogen) atoms. The van der Waals surface area contributed by atoms with Gasteiger partial charge in [-0.2, -0.15) is 4.99 Å². The predicted octanol–water partition coefficient (Wildman–Crippen LogP) is 1.75. The molecular formula is C5H4N2S. The highest BCUT2D eigenvalue weighted by Crippen LogP contribution is 2.03. The van der Waals surface area contributed by atoms with Gasteiger partial charge in [-0.1, -0.05) is 0 Å². The zero-order chi connectivity index (χ0) is 5.82. The molecule has 2 nitrogen and oxygen atoms in total. The maximum Gasteiger partial charge on any atom is 0.140 e. The van der Waals surface area contributed by atoms with Crippen molar-refractivity contribution in [2.45, 2.75) is 0 Å². The van der Waals surface area contributed by atoms with E-state index in [0.717, 1.165) is 5.82 Å². The summed E-state index contributed by atoms with van der Waals surface area (Å²) in [5.74, 6) is 0.750. The highest BCUT2D eigenvalue weighted by atomic mass is 32.1. The Morgan fingerprint density at radius 1 is 1.75 bits per heavy atom. The normalized spacial score (nSPS) is 8.00. The minimum atomic E-state index is 0.750. The monoisotopic (exact) mass is 124 g/mol. The number of H-pyrrole nitrogens is 1. The summed E-state index contributed by atoms with van der Waals surface area (Å²) in [6.45, 7) is 0. The molecule has 0 saturated heterocycles. The lowest BCUT2D eigenvalue weighted by molar-refractivity contribution is 1.35. The molecular weight excluding hydrogens is 120 g/mol. The van der Waals surface area contributed by atoms with Crippen molar-refractivity contribution in [2.75, 3.05) is 0 Å². The Morgan fingerprint density at radius 3 is 3.12 bits per heavy atom. The Bertz CT molecular complexity index is 196. The molecule has 0 saturated carbocycles. The fourth-order valence-corrected chi connectivity index (χ4v) is 0.538. The van der Waals surface area contributed by atoms with Crippen LogP contribution in [0.1, 0.15) is 0 Å². The van der Waals surface area contributed by atoms with E-state index in [1.807, 2.05) is 12.1 Å². The molecule has 3 heteroatoms. The Kier molecular flexibility index (Phi) is 1.57. The van der Waals surface area contributed by atoms with E-state index in [-0.39, 0.29) is 0 Å². The van der Waals surface area contributed by atoms with Gasteiger partial charge in [0.2, 0.25) is 0 Å². The zero-order valence-electron chi connectivity index (χ0n) is 4.09. The summed E-state index contributed by atoms with van der Waals surface area (Å²) in [6, 6.07) is 3.67. The standard InChI is InChI=1S/C5H4N2S/c8-4-7-5-2-1-3-6-5/h1-3,6H. The number of isothiocyanates is 1. The van der Waals surface area contributed by atoms with E-state index < -0.39 is 0 Å². The molecule has 0 aliphatic rings. The summed E-state index contributed by atoms with van der Waals surface area (Å²) in [5.41, 5.74) is 0. The minimum Gasteiger partial charge on any atom is -0.346 e. The quantitative estimate of drug-likeness (QED) is 0.448. The van der Waals surface area contributed by atoms with Gasteiger partial charge in [-0.15, -0.1) is 0 Å². The van der Waals surface area contributed by atoms with E-state index in [0.29, 0.717) is 0 Å². The second-order valence-corrected chi connectivity index (χ2v) is 1.44. The SMILES string of the molecule is S=C=Nc1ccc[nH]1. The van der Waals surface area contributed by atoms with E-state index in [1.54, 1.807) is 6.20 Å².